The molecule has 0 amide bonds. The molecule has 0 unspecified atom stereocenters. The van der Waals surface area contributed by atoms with E-state index < -0.39 is 0 Å². The van der Waals surface area contributed by atoms with Gasteiger partial charge in [-0.1, -0.05) is 18.2 Å². The van der Waals surface area contributed by atoms with Crippen molar-refractivity contribution in [3.63, 3.8) is 0 Å². The second-order valence-corrected chi connectivity index (χ2v) is 8.89. The van der Waals surface area contributed by atoms with Crippen LogP contribution in [0.15, 0.2) is 53.5 Å². The topological polar surface area (TPSA) is 70.4 Å². The quantitative estimate of drug-likeness (QED) is 0.422. The predicted molar refractivity (Wildman–Crippen MR) is 121 cm³/mol. The molecule has 1 saturated carbocycles. The summed E-state index contributed by atoms with van der Waals surface area (Å²) in [7, 11) is 1.61. The van der Waals surface area contributed by atoms with E-state index >= 15 is 0 Å². The number of hydrogen-bond acceptors (Lipinski definition) is 6. The van der Waals surface area contributed by atoms with Crippen LogP contribution in [0.2, 0.25) is 0 Å². The van der Waals surface area contributed by atoms with E-state index in [0.717, 1.165) is 46.3 Å². The number of ether oxygens (including phenoxy) is 2. The number of carbonyl (C=O) groups is 1. The van der Waals surface area contributed by atoms with Gasteiger partial charge in [-0.05, 0) is 49.3 Å². The van der Waals surface area contributed by atoms with Gasteiger partial charge in [0, 0.05) is 23.6 Å². The molecule has 0 spiro atoms. The molecule has 31 heavy (non-hydrogen) atoms. The standard InChI is InChI=1S/C24H22N2O4S/c1-29-21-12-19-22(31-23(25-19)16-6-8-17(9-7-16)30-14-27)13-20(21)26-11-10-15-4-2-3-5-18(15)24(26)28/h2-5,10-14,16-17H,6-9H2,1H3. The van der Waals surface area contributed by atoms with Crippen LogP contribution in [-0.4, -0.2) is 29.2 Å². The molecule has 6 nitrogen and oxygen atoms in total. The van der Waals surface area contributed by atoms with Crippen molar-refractivity contribution in [2.24, 2.45) is 0 Å². The Morgan fingerprint density at radius 2 is 1.94 bits per heavy atom. The van der Waals surface area contributed by atoms with E-state index in [2.05, 4.69) is 0 Å². The van der Waals surface area contributed by atoms with Crippen molar-refractivity contribution in [1.29, 1.82) is 0 Å². The lowest BCUT2D eigenvalue weighted by atomic mass is 9.88. The van der Waals surface area contributed by atoms with Crippen molar-refractivity contribution in [3.8, 4) is 11.4 Å². The third-order valence-corrected chi connectivity index (χ3v) is 7.23. The number of fused-ring (bicyclic) bond motifs is 2. The highest BCUT2D eigenvalue weighted by atomic mass is 32.1. The number of carbonyl (C=O) groups excluding carboxylic acids is 1. The summed E-state index contributed by atoms with van der Waals surface area (Å²) in [6, 6.07) is 13.4. The fraction of sp³-hybridized carbons (Fsp3) is 0.292. The summed E-state index contributed by atoms with van der Waals surface area (Å²) in [4.78, 5) is 28.6. The van der Waals surface area contributed by atoms with Gasteiger partial charge in [0.2, 0.25) is 0 Å². The van der Waals surface area contributed by atoms with Crippen LogP contribution in [0.25, 0.3) is 26.7 Å². The fourth-order valence-corrected chi connectivity index (χ4v) is 5.54. The number of thiazole rings is 1. The summed E-state index contributed by atoms with van der Waals surface area (Å²) in [6.45, 7) is 0.547. The molecular formula is C24H22N2O4S. The van der Waals surface area contributed by atoms with Crippen molar-refractivity contribution >= 4 is 38.8 Å². The number of benzene rings is 2. The van der Waals surface area contributed by atoms with E-state index in [1.807, 2.05) is 42.5 Å². The molecule has 5 rings (SSSR count). The molecule has 0 bridgehead atoms. The molecule has 0 saturated heterocycles. The van der Waals surface area contributed by atoms with Gasteiger partial charge in [-0.25, -0.2) is 4.98 Å². The molecule has 2 aromatic heterocycles. The number of hydrogen-bond donors (Lipinski definition) is 0. The smallest absolute Gasteiger partial charge is 0.293 e. The first-order valence-corrected chi connectivity index (χ1v) is 11.2. The van der Waals surface area contributed by atoms with Crippen LogP contribution in [0, 0.1) is 0 Å². The van der Waals surface area contributed by atoms with Gasteiger partial charge >= 0.3 is 0 Å². The van der Waals surface area contributed by atoms with Crippen LogP contribution >= 0.6 is 11.3 Å². The normalized spacial score (nSPS) is 18.9. The predicted octanol–water partition coefficient (Wildman–Crippen LogP) is 4.81. The Kier molecular flexibility index (Phi) is 5.19. The van der Waals surface area contributed by atoms with Crippen LogP contribution in [0.4, 0.5) is 0 Å². The van der Waals surface area contributed by atoms with Gasteiger partial charge in [0.1, 0.15) is 11.9 Å². The largest absolute Gasteiger partial charge is 0.494 e. The van der Waals surface area contributed by atoms with E-state index in [1.165, 1.54) is 0 Å². The Morgan fingerprint density at radius 1 is 1.13 bits per heavy atom. The molecule has 1 fully saturated rings. The summed E-state index contributed by atoms with van der Waals surface area (Å²) >= 11 is 1.66. The van der Waals surface area contributed by atoms with Gasteiger partial charge in [0.05, 0.1) is 28.0 Å². The highest BCUT2D eigenvalue weighted by Gasteiger charge is 2.26. The summed E-state index contributed by atoms with van der Waals surface area (Å²) in [5.74, 6) is 0.978. The molecule has 1 aliphatic carbocycles. The number of methoxy groups -OCH3 is 1. The summed E-state index contributed by atoms with van der Waals surface area (Å²) < 4.78 is 13.4. The van der Waals surface area contributed by atoms with Crippen molar-refractivity contribution in [2.45, 2.75) is 37.7 Å². The first-order chi connectivity index (χ1) is 15.2. The zero-order valence-corrected chi connectivity index (χ0v) is 17.9. The average Bonchev–Trinajstić information content (AvgIpc) is 3.22. The fourth-order valence-electron chi connectivity index (χ4n) is 4.39. The lowest BCUT2D eigenvalue weighted by Crippen LogP contribution is -2.20. The molecule has 2 heterocycles. The first-order valence-electron chi connectivity index (χ1n) is 10.4. The van der Waals surface area contributed by atoms with Crippen molar-refractivity contribution < 1.29 is 14.3 Å². The Morgan fingerprint density at radius 3 is 2.71 bits per heavy atom. The van der Waals surface area contributed by atoms with Gasteiger partial charge in [0.25, 0.3) is 12.0 Å². The van der Waals surface area contributed by atoms with E-state index in [1.54, 1.807) is 29.2 Å². The minimum Gasteiger partial charge on any atom is -0.494 e. The van der Waals surface area contributed by atoms with Crippen LogP contribution in [0.1, 0.15) is 36.6 Å². The average molecular weight is 435 g/mol. The molecule has 2 aromatic carbocycles. The SMILES string of the molecule is COc1cc2nc(C3CCC(OC=O)CC3)sc2cc1-n1ccc2ccccc2c1=O. The van der Waals surface area contributed by atoms with Crippen LogP contribution in [0.5, 0.6) is 5.75 Å². The Labute approximate surface area is 183 Å². The van der Waals surface area contributed by atoms with Crippen molar-refractivity contribution in [1.82, 2.24) is 9.55 Å². The molecule has 0 aliphatic heterocycles. The van der Waals surface area contributed by atoms with Gasteiger partial charge in [-0.2, -0.15) is 0 Å². The third kappa shape index (κ3) is 3.59. The summed E-state index contributed by atoms with van der Waals surface area (Å²) in [6.07, 6.45) is 5.44. The Balaban J connectivity index is 1.54. The minimum atomic E-state index is -0.0750. The van der Waals surface area contributed by atoms with E-state index in [-0.39, 0.29) is 11.7 Å². The third-order valence-electron chi connectivity index (χ3n) is 6.05. The van der Waals surface area contributed by atoms with E-state index in [0.29, 0.717) is 29.2 Å². The van der Waals surface area contributed by atoms with Crippen LogP contribution in [-0.2, 0) is 9.53 Å². The van der Waals surface area contributed by atoms with Crippen LogP contribution in [0.3, 0.4) is 0 Å². The second-order valence-electron chi connectivity index (χ2n) is 7.83. The van der Waals surface area contributed by atoms with Crippen molar-refractivity contribution in [2.75, 3.05) is 7.11 Å². The van der Waals surface area contributed by atoms with Crippen LogP contribution < -0.4 is 10.3 Å². The molecule has 0 radical (unpaired) electrons. The second kappa shape index (κ2) is 8.15. The van der Waals surface area contributed by atoms with Gasteiger partial charge in [0.15, 0.2) is 0 Å². The zero-order valence-electron chi connectivity index (χ0n) is 17.1. The lowest BCUT2D eigenvalue weighted by Gasteiger charge is -2.25. The summed E-state index contributed by atoms with van der Waals surface area (Å²) in [5, 5.41) is 2.68. The monoisotopic (exact) mass is 434 g/mol. The highest BCUT2D eigenvalue weighted by molar-refractivity contribution is 7.18. The molecule has 0 N–H and O–H groups in total. The highest BCUT2D eigenvalue weighted by Crippen LogP contribution is 2.39. The van der Waals surface area contributed by atoms with Gasteiger partial charge < -0.3 is 9.47 Å². The minimum absolute atomic E-state index is 0.0228. The van der Waals surface area contributed by atoms with E-state index in [4.69, 9.17) is 14.5 Å². The summed E-state index contributed by atoms with van der Waals surface area (Å²) in [5.41, 5.74) is 1.51. The molecule has 158 valence electrons. The first kappa shape index (κ1) is 19.8. The zero-order chi connectivity index (χ0) is 21.4. The Bertz CT molecular complexity index is 1320. The number of pyridine rings is 1. The maximum absolute atomic E-state index is 13.1. The lowest BCUT2D eigenvalue weighted by molar-refractivity contribution is -0.135. The molecule has 1 aliphatic rings. The molecule has 0 atom stereocenters. The van der Waals surface area contributed by atoms with E-state index in [9.17, 15) is 9.59 Å². The maximum atomic E-state index is 13.1. The maximum Gasteiger partial charge on any atom is 0.293 e. The molecule has 4 aromatic rings. The van der Waals surface area contributed by atoms with Crippen molar-refractivity contribution in [3.05, 3.63) is 64.0 Å². The number of aromatic nitrogens is 2. The Hall–Kier alpha value is -3.19. The molecular weight excluding hydrogens is 412 g/mol. The van der Waals surface area contributed by atoms with Gasteiger partial charge in [-0.15, -0.1) is 11.3 Å². The molecule has 7 heteroatoms. The van der Waals surface area contributed by atoms with Gasteiger partial charge in [-0.3, -0.25) is 14.2 Å². The number of nitrogens with zero attached hydrogens (tertiary/aromatic N) is 2. The number of rotatable bonds is 5.